The predicted molar refractivity (Wildman–Crippen MR) is 81.1 cm³/mol. The van der Waals surface area contributed by atoms with Gasteiger partial charge < -0.3 is 10.4 Å². The lowest BCUT2D eigenvalue weighted by atomic mass is 10.0. The van der Waals surface area contributed by atoms with E-state index in [9.17, 15) is 24.5 Å². The van der Waals surface area contributed by atoms with Gasteiger partial charge in [0.1, 0.15) is 6.04 Å². The van der Waals surface area contributed by atoms with Crippen LogP contribution in [0.15, 0.2) is 23.1 Å². The van der Waals surface area contributed by atoms with Gasteiger partial charge in [0.05, 0.1) is 11.1 Å². The highest BCUT2D eigenvalue weighted by Gasteiger charge is 2.26. The lowest BCUT2D eigenvalue weighted by molar-refractivity contribution is -0.385. The highest BCUT2D eigenvalue weighted by Crippen LogP contribution is 2.18. The third-order valence-corrected chi connectivity index (χ3v) is 3.20. The van der Waals surface area contributed by atoms with Crippen LogP contribution < -0.4 is 10.9 Å². The van der Waals surface area contributed by atoms with Gasteiger partial charge in [0, 0.05) is 25.1 Å². The van der Waals surface area contributed by atoms with Gasteiger partial charge >= 0.3 is 5.97 Å². The minimum Gasteiger partial charge on any atom is -0.481 e. The Kier molecular flexibility index (Phi) is 6.43. The molecule has 1 rings (SSSR count). The lowest BCUT2D eigenvalue weighted by Crippen LogP contribution is -2.40. The molecule has 1 amide bonds. The van der Waals surface area contributed by atoms with E-state index in [1.165, 1.54) is 0 Å². The van der Waals surface area contributed by atoms with E-state index in [0.29, 0.717) is 0 Å². The third kappa shape index (κ3) is 5.20. The van der Waals surface area contributed by atoms with Crippen molar-refractivity contribution >= 4 is 17.6 Å². The van der Waals surface area contributed by atoms with Crippen molar-refractivity contribution in [3.63, 3.8) is 0 Å². The second-order valence-corrected chi connectivity index (χ2v) is 5.37. The van der Waals surface area contributed by atoms with E-state index in [4.69, 9.17) is 5.11 Å². The van der Waals surface area contributed by atoms with Crippen molar-refractivity contribution in [1.29, 1.82) is 0 Å². The number of hydrogen-bond donors (Lipinski definition) is 2. The van der Waals surface area contributed by atoms with Crippen molar-refractivity contribution in [2.24, 2.45) is 5.92 Å². The predicted octanol–water partition coefficient (Wildman–Crippen LogP) is 0.935. The second-order valence-electron chi connectivity index (χ2n) is 5.37. The van der Waals surface area contributed by atoms with E-state index >= 15 is 0 Å². The highest BCUT2D eigenvalue weighted by atomic mass is 16.6. The van der Waals surface area contributed by atoms with E-state index in [1.807, 2.05) is 0 Å². The minimum absolute atomic E-state index is 0.0800. The topological polar surface area (TPSA) is 132 Å². The molecule has 0 spiro atoms. The number of aliphatic carboxylic acids is 1. The van der Waals surface area contributed by atoms with E-state index < -0.39 is 28.4 Å². The second kappa shape index (κ2) is 8.06. The number of aromatic nitrogens is 1. The Hall–Kier alpha value is -2.71. The Morgan fingerprint density at radius 1 is 1.39 bits per heavy atom. The molecular formula is C14H19N3O6. The number of carboxylic acid groups (broad SMARTS) is 1. The lowest BCUT2D eigenvalue weighted by Gasteiger charge is -2.22. The maximum atomic E-state index is 12.3. The molecule has 0 saturated heterocycles. The fourth-order valence-corrected chi connectivity index (χ4v) is 2.12. The summed E-state index contributed by atoms with van der Waals surface area (Å²) in [6, 6.07) is 1.22. The number of amides is 1. The molecule has 9 nitrogen and oxygen atoms in total. The number of carbonyl (C=O) groups is 2. The summed E-state index contributed by atoms with van der Waals surface area (Å²) in [6.07, 6.45) is 1.23. The smallest absolute Gasteiger partial charge is 0.303 e. The van der Waals surface area contributed by atoms with Gasteiger partial charge in [0.15, 0.2) is 0 Å². The molecule has 126 valence electrons. The fraction of sp³-hybridized carbons (Fsp3) is 0.500. The van der Waals surface area contributed by atoms with Crippen LogP contribution in [0.2, 0.25) is 0 Å². The Bertz CT molecular complexity index is 652. The molecule has 0 aliphatic carbocycles. The molecular weight excluding hydrogens is 306 g/mol. The summed E-state index contributed by atoms with van der Waals surface area (Å²) in [4.78, 5) is 44.8. The quantitative estimate of drug-likeness (QED) is 0.415. The van der Waals surface area contributed by atoms with Gasteiger partial charge in [-0.1, -0.05) is 13.8 Å². The van der Waals surface area contributed by atoms with E-state index in [-0.39, 0.29) is 31.0 Å². The van der Waals surface area contributed by atoms with Gasteiger partial charge in [0.25, 0.3) is 11.2 Å². The zero-order valence-corrected chi connectivity index (χ0v) is 12.9. The molecule has 9 heteroatoms. The first-order valence-corrected chi connectivity index (χ1v) is 7.10. The molecule has 0 saturated carbocycles. The SMILES string of the molecule is CC(C)C(C(=O)NCCCC(=O)O)n1cc([N+](=O)[O-])ccc1=O. The van der Waals surface area contributed by atoms with Crippen LogP contribution in [0, 0.1) is 16.0 Å². The largest absolute Gasteiger partial charge is 0.481 e. The van der Waals surface area contributed by atoms with Crippen LogP contribution in [0.1, 0.15) is 32.7 Å². The van der Waals surface area contributed by atoms with Gasteiger partial charge in [-0.15, -0.1) is 0 Å². The van der Waals surface area contributed by atoms with Crippen LogP contribution in [-0.4, -0.2) is 33.0 Å². The molecule has 1 atom stereocenters. The first-order chi connectivity index (χ1) is 10.7. The van der Waals surface area contributed by atoms with Crippen LogP contribution in [-0.2, 0) is 9.59 Å². The van der Waals surface area contributed by atoms with E-state index in [0.717, 1.165) is 22.9 Å². The Balaban J connectivity index is 2.96. The van der Waals surface area contributed by atoms with Gasteiger partial charge in [0.2, 0.25) is 5.91 Å². The molecule has 0 fully saturated rings. The van der Waals surface area contributed by atoms with Crippen molar-refractivity contribution in [3.8, 4) is 0 Å². The molecule has 0 aliphatic rings. The number of pyridine rings is 1. The van der Waals surface area contributed by atoms with Crippen LogP contribution in [0.4, 0.5) is 5.69 Å². The number of carbonyl (C=O) groups excluding carboxylic acids is 1. The summed E-state index contributed by atoms with van der Waals surface area (Å²) in [5, 5.41) is 21.9. The van der Waals surface area contributed by atoms with Crippen LogP contribution in [0.25, 0.3) is 0 Å². The standard InChI is InChI=1S/C14H19N3O6/c1-9(2)13(14(21)15-7-3-4-12(19)20)16-8-10(17(22)23)5-6-11(16)18/h5-6,8-9,13H,3-4,7H2,1-2H3,(H,15,21)(H,19,20). The molecule has 0 radical (unpaired) electrons. The summed E-state index contributed by atoms with van der Waals surface area (Å²) in [6.45, 7) is 3.58. The number of rotatable bonds is 8. The third-order valence-electron chi connectivity index (χ3n) is 3.20. The zero-order chi connectivity index (χ0) is 17.6. The monoisotopic (exact) mass is 325 g/mol. The Morgan fingerprint density at radius 2 is 2.04 bits per heavy atom. The van der Waals surface area contributed by atoms with Crippen LogP contribution >= 0.6 is 0 Å². The maximum Gasteiger partial charge on any atom is 0.303 e. The number of carboxylic acids is 1. The number of nitro groups is 1. The van der Waals surface area contributed by atoms with Gasteiger partial charge in [-0.25, -0.2) is 0 Å². The molecule has 23 heavy (non-hydrogen) atoms. The van der Waals surface area contributed by atoms with Crippen LogP contribution in [0.5, 0.6) is 0 Å². The minimum atomic E-state index is -0.963. The van der Waals surface area contributed by atoms with E-state index in [1.54, 1.807) is 13.8 Å². The molecule has 1 aromatic rings. The average Bonchev–Trinajstić information content (AvgIpc) is 2.45. The average molecular weight is 325 g/mol. The molecule has 1 aromatic heterocycles. The summed E-state index contributed by atoms with van der Waals surface area (Å²) in [5.74, 6) is -1.73. The van der Waals surface area contributed by atoms with Crippen molar-refractivity contribution in [1.82, 2.24) is 9.88 Å². The normalized spacial score (nSPS) is 12.0. The molecule has 0 aromatic carbocycles. The summed E-state index contributed by atoms with van der Waals surface area (Å²) >= 11 is 0. The highest BCUT2D eigenvalue weighted by molar-refractivity contribution is 5.80. The Morgan fingerprint density at radius 3 is 2.57 bits per heavy atom. The summed E-state index contributed by atoms with van der Waals surface area (Å²) < 4.78 is 1.04. The van der Waals surface area contributed by atoms with E-state index in [2.05, 4.69) is 5.32 Å². The van der Waals surface area contributed by atoms with Crippen molar-refractivity contribution in [2.45, 2.75) is 32.7 Å². The Labute approximate surface area is 132 Å². The van der Waals surface area contributed by atoms with Gasteiger partial charge in [-0.2, -0.15) is 0 Å². The summed E-state index contributed by atoms with van der Waals surface area (Å²) in [5.41, 5.74) is -0.802. The number of nitrogens with one attached hydrogen (secondary N) is 1. The maximum absolute atomic E-state index is 12.3. The van der Waals surface area contributed by atoms with Gasteiger partial charge in [-0.3, -0.25) is 29.1 Å². The van der Waals surface area contributed by atoms with Crippen molar-refractivity contribution in [2.75, 3.05) is 6.54 Å². The molecule has 0 bridgehead atoms. The molecule has 1 unspecified atom stereocenters. The molecule has 0 aliphatic heterocycles. The van der Waals surface area contributed by atoms with Crippen LogP contribution in [0.3, 0.4) is 0 Å². The van der Waals surface area contributed by atoms with Crippen molar-refractivity contribution in [3.05, 3.63) is 38.8 Å². The van der Waals surface area contributed by atoms with Crippen molar-refractivity contribution < 1.29 is 19.6 Å². The number of hydrogen-bond acceptors (Lipinski definition) is 5. The molecule has 1 heterocycles. The first-order valence-electron chi connectivity index (χ1n) is 7.10. The summed E-state index contributed by atoms with van der Waals surface area (Å²) in [7, 11) is 0. The first kappa shape index (κ1) is 18.3. The van der Waals surface area contributed by atoms with Gasteiger partial charge in [-0.05, 0) is 12.3 Å². The zero-order valence-electron chi connectivity index (χ0n) is 12.9. The molecule has 2 N–H and O–H groups in total. The number of nitrogens with zero attached hydrogens (tertiary/aromatic N) is 2. The fourth-order valence-electron chi connectivity index (χ4n) is 2.12.